The molecule has 0 fully saturated rings. The minimum atomic E-state index is -0.744. The first kappa shape index (κ1) is 18.4. The van der Waals surface area contributed by atoms with Crippen LogP contribution in [0.4, 0.5) is 0 Å². The molecule has 0 radical (unpaired) electrons. The number of nitrogens with one attached hydrogen (secondary N) is 1. The van der Waals surface area contributed by atoms with E-state index in [4.69, 9.17) is 21.1 Å². The molecular formula is C18H17ClN2O4S. The Morgan fingerprint density at radius 1 is 1.35 bits per heavy atom. The van der Waals surface area contributed by atoms with Gasteiger partial charge in [-0.05, 0) is 44.5 Å². The van der Waals surface area contributed by atoms with Crippen molar-refractivity contribution in [3.63, 3.8) is 0 Å². The number of benzene rings is 1. The number of aryl methyl sites for hydroxylation is 2. The van der Waals surface area contributed by atoms with Gasteiger partial charge in [0, 0.05) is 9.90 Å². The molecule has 3 aromatic rings. The van der Waals surface area contributed by atoms with Crippen LogP contribution in [-0.4, -0.2) is 23.0 Å². The van der Waals surface area contributed by atoms with Crippen molar-refractivity contribution in [2.45, 2.75) is 26.9 Å². The number of hydrogen-bond donors (Lipinski definition) is 1. The molecule has 1 atom stereocenters. The van der Waals surface area contributed by atoms with Crippen molar-refractivity contribution in [3.05, 3.63) is 55.4 Å². The van der Waals surface area contributed by atoms with Gasteiger partial charge < -0.3 is 14.5 Å². The summed E-state index contributed by atoms with van der Waals surface area (Å²) in [4.78, 5) is 33.7. The number of esters is 1. The maximum absolute atomic E-state index is 12.5. The van der Waals surface area contributed by atoms with E-state index in [-0.39, 0.29) is 16.9 Å². The highest BCUT2D eigenvalue weighted by molar-refractivity contribution is 7.18. The summed E-state index contributed by atoms with van der Waals surface area (Å²) >= 11 is 7.39. The average molecular weight is 393 g/mol. The van der Waals surface area contributed by atoms with Crippen molar-refractivity contribution in [1.29, 1.82) is 0 Å². The summed E-state index contributed by atoms with van der Waals surface area (Å²) in [6, 6.07) is 4.68. The molecule has 2 heterocycles. The molecule has 8 heteroatoms. The lowest BCUT2D eigenvalue weighted by atomic mass is 10.2. The third-order valence-corrected chi connectivity index (χ3v) is 5.44. The third kappa shape index (κ3) is 3.32. The van der Waals surface area contributed by atoms with Crippen molar-refractivity contribution >= 4 is 39.1 Å². The van der Waals surface area contributed by atoms with Gasteiger partial charge in [-0.25, -0.2) is 9.78 Å². The fraction of sp³-hybridized carbons (Fsp3) is 0.278. The molecule has 0 bridgehead atoms. The van der Waals surface area contributed by atoms with Gasteiger partial charge in [0.25, 0.3) is 5.56 Å². The zero-order valence-electron chi connectivity index (χ0n) is 14.7. The second-order valence-electron chi connectivity index (χ2n) is 5.81. The van der Waals surface area contributed by atoms with E-state index in [9.17, 15) is 9.59 Å². The Labute approximate surface area is 158 Å². The first-order valence-corrected chi connectivity index (χ1v) is 9.05. The van der Waals surface area contributed by atoms with Crippen LogP contribution in [0.5, 0.6) is 5.75 Å². The van der Waals surface area contributed by atoms with Crippen molar-refractivity contribution < 1.29 is 14.3 Å². The molecule has 3 rings (SSSR count). The Hall–Kier alpha value is -2.38. The Bertz CT molecular complexity index is 1060. The highest BCUT2D eigenvalue weighted by Gasteiger charge is 2.21. The molecule has 0 amide bonds. The number of ether oxygens (including phenoxy) is 2. The van der Waals surface area contributed by atoms with Crippen molar-refractivity contribution in [1.82, 2.24) is 9.97 Å². The number of thiophene rings is 1. The molecule has 0 saturated heterocycles. The molecule has 0 aliphatic rings. The van der Waals surface area contributed by atoms with Gasteiger partial charge in [0.15, 0.2) is 11.9 Å². The quantitative estimate of drug-likeness (QED) is 0.673. The number of H-pyrrole nitrogens is 1. The lowest BCUT2D eigenvalue weighted by Crippen LogP contribution is -2.17. The van der Waals surface area contributed by atoms with E-state index in [1.165, 1.54) is 24.5 Å². The van der Waals surface area contributed by atoms with E-state index in [2.05, 4.69) is 9.97 Å². The summed E-state index contributed by atoms with van der Waals surface area (Å²) < 4.78 is 10.6. The van der Waals surface area contributed by atoms with Crippen LogP contribution in [0.15, 0.2) is 23.0 Å². The van der Waals surface area contributed by atoms with Crippen LogP contribution < -0.4 is 10.3 Å². The number of aromatic amines is 1. The fourth-order valence-corrected chi connectivity index (χ4v) is 3.79. The largest absolute Gasteiger partial charge is 0.496 e. The predicted molar refractivity (Wildman–Crippen MR) is 102 cm³/mol. The van der Waals surface area contributed by atoms with Gasteiger partial charge in [-0.1, -0.05) is 11.6 Å². The van der Waals surface area contributed by atoms with Gasteiger partial charge >= 0.3 is 5.97 Å². The Morgan fingerprint density at radius 3 is 2.77 bits per heavy atom. The second-order valence-corrected chi connectivity index (χ2v) is 7.45. The van der Waals surface area contributed by atoms with E-state index >= 15 is 0 Å². The zero-order valence-corrected chi connectivity index (χ0v) is 16.2. The van der Waals surface area contributed by atoms with Crippen molar-refractivity contribution in [2.75, 3.05) is 7.11 Å². The van der Waals surface area contributed by atoms with Crippen LogP contribution in [0.1, 0.15) is 39.7 Å². The van der Waals surface area contributed by atoms with Gasteiger partial charge in [-0.3, -0.25) is 4.79 Å². The summed E-state index contributed by atoms with van der Waals surface area (Å²) in [5.74, 6) is 0.0317. The normalized spacial score (nSPS) is 12.2. The van der Waals surface area contributed by atoms with Gasteiger partial charge in [0.2, 0.25) is 0 Å². The Balaban J connectivity index is 1.92. The lowest BCUT2D eigenvalue weighted by Gasteiger charge is -2.14. The molecule has 0 saturated carbocycles. The predicted octanol–water partition coefficient (Wildman–Crippen LogP) is 4.18. The Morgan fingerprint density at radius 2 is 2.08 bits per heavy atom. The van der Waals surface area contributed by atoms with Crippen LogP contribution in [0.3, 0.4) is 0 Å². The molecule has 6 nitrogen and oxygen atoms in total. The highest BCUT2D eigenvalue weighted by atomic mass is 35.5. The van der Waals surface area contributed by atoms with E-state index in [0.717, 1.165) is 10.4 Å². The van der Waals surface area contributed by atoms with Crippen molar-refractivity contribution in [2.24, 2.45) is 0 Å². The lowest BCUT2D eigenvalue weighted by molar-refractivity contribution is 0.0316. The monoisotopic (exact) mass is 392 g/mol. The summed E-state index contributed by atoms with van der Waals surface area (Å²) in [5.41, 5.74) is 0.881. The molecule has 136 valence electrons. The van der Waals surface area contributed by atoms with Gasteiger partial charge in [-0.15, -0.1) is 11.3 Å². The summed E-state index contributed by atoms with van der Waals surface area (Å²) in [7, 11) is 1.46. The first-order valence-electron chi connectivity index (χ1n) is 7.86. The standard InChI is InChI=1S/C18H17ClN2O4S/c1-8-10(3)26-17-14(8)16(22)20-15(21-17)9(2)25-18(23)12-7-11(19)5-6-13(12)24-4/h5-7,9H,1-4H3,(H,20,21,22)/t9-/m1/s1. The fourth-order valence-electron chi connectivity index (χ4n) is 2.58. The number of carbonyl (C=O) groups is 1. The number of halogens is 1. The number of methoxy groups -OCH3 is 1. The van der Waals surface area contributed by atoms with Gasteiger partial charge in [-0.2, -0.15) is 0 Å². The second kappa shape index (κ2) is 7.09. The molecule has 0 unspecified atom stereocenters. The third-order valence-electron chi connectivity index (χ3n) is 4.11. The first-order chi connectivity index (χ1) is 12.3. The summed E-state index contributed by atoms with van der Waals surface area (Å²) in [6.45, 7) is 5.47. The molecular weight excluding hydrogens is 376 g/mol. The average Bonchev–Trinajstić information content (AvgIpc) is 2.89. The molecule has 0 aliphatic carbocycles. The molecule has 1 aromatic carbocycles. The maximum Gasteiger partial charge on any atom is 0.342 e. The van der Waals surface area contributed by atoms with Gasteiger partial charge in [0.1, 0.15) is 16.1 Å². The van der Waals surface area contributed by atoms with Crippen LogP contribution in [0.2, 0.25) is 5.02 Å². The molecule has 0 aliphatic heterocycles. The van der Waals surface area contributed by atoms with E-state index < -0.39 is 12.1 Å². The molecule has 0 spiro atoms. The summed E-state index contributed by atoms with van der Waals surface area (Å²) in [5, 5.41) is 0.967. The highest BCUT2D eigenvalue weighted by Crippen LogP contribution is 2.28. The molecule has 1 N–H and O–H groups in total. The van der Waals surface area contributed by atoms with Crippen LogP contribution in [0, 0.1) is 13.8 Å². The molecule has 2 aromatic heterocycles. The zero-order chi connectivity index (χ0) is 19.0. The van der Waals surface area contributed by atoms with E-state index in [1.54, 1.807) is 19.1 Å². The van der Waals surface area contributed by atoms with Crippen LogP contribution >= 0.6 is 22.9 Å². The number of rotatable bonds is 4. The number of fused-ring (bicyclic) bond motifs is 1. The van der Waals surface area contributed by atoms with E-state index in [1.807, 2.05) is 13.8 Å². The van der Waals surface area contributed by atoms with Crippen LogP contribution in [-0.2, 0) is 4.74 Å². The minimum Gasteiger partial charge on any atom is -0.496 e. The van der Waals surface area contributed by atoms with Crippen LogP contribution in [0.25, 0.3) is 10.2 Å². The summed E-state index contributed by atoms with van der Waals surface area (Å²) in [6.07, 6.45) is -0.744. The molecule has 26 heavy (non-hydrogen) atoms. The maximum atomic E-state index is 12.5. The topological polar surface area (TPSA) is 81.3 Å². The number of aromatic nitrogens is 2. The SMILES string of the molecule is COc1ccc(Cl)cc1C(=O)O[C@H](C)c1nc2sc(C)c(C)c2c(=O)[nH]1. The number of hydrogen-bond acceptors (Lipinski definition) is 6. The van der Waals surface area contributed by atoms with Crippen molar-refractivity contribution in [3.8, 4) is 5.75 Å². The van der Waals surface area contributed by atoms with Gasteiger partial charge in [0.05, 0.1) is 12.5 Å². The smallest absolute Gasteiger partial charge is 0.342 e. The minimum absolute atomic E-state index is 0.207. The number of carbonyl (C=O) groups excluding carboxylic acids is 1. The van der Waals surface area contributed by atoms with E-state index in [0.29, 0.717) is 21.0 Å². The Kier molecular flexibility index (Phi) is 5.02. The number of nitrogens with zero attached hydrogens (tertiary/aromatic N) is 1.